The van der Waals surface area contributed by atoms with Gasteiger partial charge in [-0.25, -0.2) is 0 Å². The first-order valence-electron chi connectivity index (χ1n) is 7.67. The number of furan rings is 1. The molecular weight excluding hydrogens is 236 g/mol. The Morgan fingerprint density at radius 3 is 2.79 bits per heavy atom. The molecule has 0 unspecified atom stereocenters. The van der Waals surface area contributed by atoms with Gasteiger partial charge in [0.05, 0.1) is 12.8 Å². The second-order valence-electron chi connectivity index (χ2n) is 6.11. The van der Waals surface area contributed by atoms with Gasteiger partial charge in [-0.1, -0.05) is 13.8 Å². The molecule has 0 aliphatic heterocycles. The summed E-state index contributed by atoms with van der Waals surface area (Å²) >= 11 is 0. The standard InChI is InChI=1S/C16H28N2O/c1-13-6-7-15(11-14(13)2)18(9-4-8-17)12-16-5-3-10-19-16/h3,5,10,13-15H,4,6-9,11-12,17H2,1-2H3/t13-,14+,15+/m1/s1. The van der Waals surface area contributed by atoms with Crippen molar-refractivity contribution in [3.05, 3.63) is 24.2 Å². The molecule has 3 nitrogen and oxygen atoms in total. The smallest absolute Gasteiger partial charge is 0.117 e. The van der Waals surface area contributed by atoms with Gasteiger partial charge < -0.3 is 10.2 Å². The zero-order chi connectivity index (χ0) is 13.7. The van der Waals surface area contributed by atoms with E-state index in [0.29, 0.717) is 6.04 Å². The lowest BCUT2D eigenvalue weighted by Crippen LogP contribution is -2.40. The molecule has 3 atom stereocenters. The second kappa shape index (κ2) is 7.11. The molecule has 2 rings (SSSR count). The van der Waals surface area contributed by atoms with Gasteiger partial charge in [0.15, 0.2) is 0 Å². The molecule has 0 saturated heterocycles. The van der Waals surface area contributed by atoms with Crippen LogP contribution in [-0.4, -0.2) is 24.0 Å². The molecule has 1 aromatic heterocycles. The SMILES string of the molecule is C[C@@H]1CC[C@H](N(CCCN)Cc2ccco2)C[C@@H]1C. The molecule has 0 aromatic carbocycles. The molecule has 1 saturated carbocycles. The topological polar surface area (TPSA) is 42.4 Å². The fourth-order valence-corrected chi connectivity index (χ4v) is 3.14. The maximum absolute atomic E-state index is 5.68. The van der Waals surface area contributed by atoms with Gasteiger partial charge in [0.2, 0.25) is 0 Å². The van der Waals surface area contributed by atoms with Gasteiger partial charge in [-0.2, -0.15) is 0 Å². The third-order valence-corrected chi connectivity index (χ3v) is 4.68. The van der Waals surface area contributed by atoms with E-state index in [1.807, 2.05) is 6.07 Å². The Kier molecular flexibility index (Phi) is 5.46. The van der Waals surface area contributed by atoms with Gasteiger partial charge in [-0.15, -0.1) is 0 Å². The van der Waals surface area contributed by atoms with E-state index in [-0.39, 0.29) is 0 Å². The van der Waals surface area contributed by atoms with Gasteiger partial charge >= 0.3 is 0 Å². The van der Waals surface area contributed by atoms with Crippen molar-refractivity contribution in [1.82, 2.24) is 4.90 Å². The van der Waals surface area contributed by atoms with Crippen molar-refractivity contribution in [2.45, 2.75) is 52.1 Å². The predicted octanol–water partition coefficient (Wildman–Crippen LogP) is 3.26. The van der Waals surface area contributed by atoms with E-state index < -0.39 is 0 Å². The monoisotopic (exact) mass is 264 g/mol. The molecule has 0 amide bonds. The minimum absolute atomic E-state index is 0.697. The normalized spacial score (nSPS) is 27.9. The van der Waals surface area contributed by atoms with E-state index in [2.05, 4.69) is 24.8 Å². The first-order valence-corrected chi connectivity index (χ1v) is 7.67. The molecule has 1 fully saturated rings. The van der Waals surface area contributed by atoms with Crippen molar-refractivity contribution >= 4 is 0 Å². The zero-order valence-electron chi connectivity index (χ0n) is 12.3. The number of hydrogen-bond donors (Lipinski definition) is 1. The number of nitrogens with two attached hydrogens (primary N) is 1. The Bertz CT molecular complexity index is 350. The molecular formula is C16H28N2O. The summed E-state index contributed by atoms with van der Waals surface area (Å²) in [5.74, 6) is 2.77. The second-order valence-corrected chi connectivity index (χ2v) is 6.11. The average molecular weight is 264 g/mol. The van der Waals surface area contributed by atoms with E-state index in [4.69, 9.17) is 10.2 Å². The Labute approximate surface area is 117 Å². The summed E-state index contributed by atoms with van der Waals surface area (Å²) in [5, 5.41) is 0. The molecule has 1 aliphatic carbocycles. The lowest BCUT2D eigenvalue weighted by Gasteiger charge is -2.39. The average Bonchev–Trinajstić information content (AvgIpc) is 2.91. The van der Waals surface area contributed by atoms with Crippen LogP contribution in [-0.2, 0) is 6.54 Å². The minimum Gasteiger partial charge on any atom is -0.468 e. The summed E-state index contributed by atoms with van der Waals surface area (Å²) in [4.78, 5) is 2.58. The van der Waals surface area contributed by atoms with Gasteiger partial charge in [-0.05, 0) is 56.2 Å². The van der Waals surface area contributed by atoms with Crippen LogP contribution in [0.4, 0.5) is 0 Å². The molecule has 19 heavy (non-hydrogen) atoms. The highest BCUT2D eigenvalue weighted by atomic mass is 16.3. The maximum Gasteiger partial charge on any atom is 0.117 e. The van der Waals surface area contributed by atoms with Crippen LogP contribution in [0.15, 0.2) is 22.8 Å². The van der Waals surface area contributed by atoms with Crippen LogP contribution >= 0.6 is 0 Å². The maximum atomic E-state index is 5.68. The summed E-state index contributed by atoms with van der Waals surface area (Å²) in [7, 11) is 0. The van der Waals surface area contributed by atoms with Crippen LogP contribution in [0.1, 0.15) is 45.3 Å². The number of nitrogens with zero attached hydrogens (tertiary/aromatic N) is 1. The number of rotatable bonds is 6. The van der Waals surface area contributed by atoms with E-state index in [1.54, 1.807) is 6.26 Å². The Morgan fingerprint density at radius 2 is 2.16 bits per heavy atom. The quantitative estimate of drug-likeness (QED) is 0.857. The molecule has 1 aliphatic rings. The lowest BCUT2D eigenvalue weighted by atomic mass is 9.78. The highest BCUT2D eigenvalue weighted by molar-refractivity contribution is 4.98. The summed E-state index contributed by atoms with van der Waals surface area (Å²) in [6.45, 7) is 7.57. The van der Waals surface area contributed by atoms with Crippen molar-refractivity contribution in [2.75, 3.05) is 13.1 Å². The van der Waals surface area contributed by atoms with Crippen molar-refractivity contribution in [1.29, 1.82) is 0 Å². The zero-order valence-corrected chi connectivity index (χ0v) is 12.3. The number of hydrogen-bond acceptors (Lipinski definition) is 3. The van der Waals surface area contributed by atoms with Crippen LogP contribution in [0.5, 0.6) is 0 Å². The first-order chi connectivity index (χ1) is 9.20. The predicted molar refractivity (Wildman–Crippen MR) is 78.8 cm³/mol. The largest absolute Gasteiger partial charge is 0.468 e. The molecule has 0 spiro atoms. The van der Waals surface area contributed by atoms with Crippen LogP contribution in [0.2, 0.25) is 0 Å². The summed E-state index contributed by atoms with van der Waals surface area (Å²) < 4.78 is 5.51. The lowest BCUT2D eigenvalue weighted by molar-refractivity contribution is 0.0957. The highest BCUT2D eigenvalue weighted by Gasteiger charge is 2.28. The highest BCUT2D eigenvalue weighted by Crippen LogP contribution is 2.32. The van der Waals surface area contributed by atoms with Crippen molar-refractivity contribution in [2.24, 2.45) is 17.6 Å². The molecule has 1 aromatic rings. The fraction of sp³-hybridized carbons (Fsp3) is 0.750. The third kappa shape index (κ3) is 4.08. The molecule has 0 radical (unpaired) electrons. The molecule has 2 N–H and O–H groups in total. The Balaban J connectivity index is 1.96. The summed E-state index contributed by atoms with van der Waals surface area (Å²) in [6, 6.07) is 4.75. The van der Waals surface area contributed by atoms with Gasteiger partial charge in [0.25, 0.3) is 0 Å². The van der Waals surface area contributed by atoms with Gasteiger partial charge in [0.1, 0.15) is 5.76 Å². The first kappa shape index (κ1) is 14.6. The Morgan fingerprint density at radius 1 is 1.32 bits per heavy atom. The van der Waals surface area contributed by atoms with E-state index in [0.717, 1.165) is 43.7 Å². The van der Waals surface area contributed by atoms with E-state index >= 15 is 0 Å². The van der Waals surface area contributed by atoms with Crippen molar-refractivity contribution in [3.8, 4) is 0 Å². The molecule has 0 bridgehead atoms. The summed E-state index contributed by atoms with van der Waals surface area (Å²) in [6.07, 6.45) is 6.81. The third-order valence-electron chi connectivity index (χ3n) is 4.68. The Hall–Kier alpha value is -0.800. The van der Waals surface area contributed by atoms with Crippen LogP contribution in [0.3, 0.4) is 0 Å². The van der Waals surface area contributed by atoms with Gasteiger partial charge in [-0.3, -0.25) is 4.90 Å². The van der Waals surface area contributed by atoms with Crippen LogP contribution < -0.4 is 5.73 Å². The van der Waals surface area contributed by atoms with E-state index in [1.165, 1.54) is 19.3 Å². The van der Waals surface area contributed by atoms with Crippen LogP contribution in [0, 0.1) is 11.8 Å². The van der Waals surface area contributed by atoms with Crippen molar-refractivity contribution in [3.63, 3.8) is 0 Å². The molecule has 108 valence electrons. The minimum atomic E-state index is 0.697. The van der Waals surface area contributed by atoms with Crippen molar-refractivity contribution < 1.29 is 4.42 Å². The summed E-state index contributed by atoms with van der Waals surface area (Å²) in [5.41, 5.74) is 5.68. The molecule has 1 heterocycles. The van der Waals surface area contributed by atoms with Crippen LogP contribution in [0.25, 0.3) is 0 Å². The van der Waals surface area contributed by atoms with E-state index in [9.17, 15) is 0 Å². The van der Waals surface area contributed by atoms with Gasteiger partial charge in [0, 0.05) is 12.6 Å². The molecule has 3 heteroatoms. The fourth-order valence-electron chi connectivity index (χ4n) is 3.14.